The molecule has 0 saturated carbocycles. The Balaban J connectivity index is 1.63. The molecular formula is C21H15F2N3O3. The van der Waals surface area contributed by atoms with Gasteiger partial charge in [-0.3, -0.25) is 14.3 Å². The van der Waals surface area contributed by atoms with Crippen molar-refractivity contribution in [2.24, 2.45) is 7.05 Å². The van der Waals surface area contributed by atoms with E-state index in [1.807, 2.05) is 0 Å². The van der Waals surface area contributed by atoms with E-state index in [4.69, 9.17) is 4.42 Å². The molecular weight excluding hydrogens is 380 g/mol. The van der Waals surface area contributed by atoms with Crippen molar-refractivity contribution in [3.8, 4) is 11.1 Å². The Hall–Kier alpha value is -3.68. The van der Waals surface area contributed by atoms with Crippen LogP contribution in [0.5, 0.6) is 0 Å². The van der Waals surface area contributed by atoms with E-state index in [0.29, 0.717) is 22.5 Å². The van der Waals surface area contributed by atoms with Crippen LogP contribution in [-0.4, -0.2) is 20.3 Å². The van der Waals surface area contributed by atoms with Crippen molar-refractivity contribution >= 4 is 17.0 Å². The van der Waals surface area contributed by atoms with Crippen LogP contribution in [0, 0.1) is 18.6 Å². The van der Waals surface area contributed by atoms with Crippen LogP contribution in [0.1, 0.15) is 21.6 Å². The van der Waals surface area contributed by atoms with Gasteiger partial charge in [-0.15, -0.1) is 0 Å². The van der Waals surface area contributed by atoms with Gasteiger partial charge in [-0.25, -0.2) is 18.6 Å². The Morgan fingerprint density at radius 3 is 2.48 bits per heavy atom. The van der Waals surface area contributed by atoms with Gasteiger partial charge in [-0.2, -0.15) is 0 Å². The fourth-order valence-electron chi connectivity index (χ4n) is 3.17. The van der Waals surface area contributed by atoms with Crippen molar-refractivity contribution in [2.45, 2.75) is 13.3 Å². The van der Waals surface area contributed by atoms with Crippen LogP contribution in [-0.2, 0) is 13.5 Å². The third kappa shape index (κ3) is 3.22. The van der Waals surface area contributed by atoms with Crippen LogP contribution in [0.2, 0.25) is 0 Å². The molecule has 3 heterocycles. The first kappa shape index (κ1) is 18.7. The van der Waals surface area contributed by atoms with Crippen LogP contribution in [0.25, 0.3) is 22.4 Å². The largest absolute Gasteiger partial charge is 0.420 e. The molecule has 0 fully saturated rings. The molecule has 1 aromatic carbocycles. The molecule has 0 spiro atoms. The fraction of sp³-hybridized carbons (Fsp3) is 0.143. The molecule has 0 unspecified atom stereocenters. The normalized spacial score (nSPS) is 11.2. The van der Waals surface area contributed by atoms with Gasteiger partial charge in [0.05, 0.1) is 12.0 Å². The molecule has 6 nitrogen and oxygen atoms in total. The van der Waals surface area contributed by atoms with E-state index < -0.39 is 28.7 Å². The zero-order chi connectivity index (χ0) is 20.7. The van der Waals surface area contributed by atoms with Gasteiger partial charge >= 0.3 is 5.76 Å². The first-order chi connectivity index (χ1) is 13.9. The van der Waals surface area contributed by atoms with Gasteiger partial charge in [-0.1, -0.05) is 12.1 Å². The highest BCUT2D eigenvalue weighted by Gasteiger charge is 2.18. The third-order valence-corrected chi connectivity index (χ3v) is 4.76. The van der Waals surface area contributed by atoms with E-state index >= 15 is 0 Å². The lowest BCUT2D eigenvalue weighted by atomic mass is 10.0. The number of Topliss-reactive ketones (excluding diaryl/α,β-unsaturated/α-hetero) is 1. The van der Waals surface area contributed by atoms with Crippen molar-refractivity contribution in [1.29, 1.82) is 0 Å². The van der Waals surface area contributed by atoms with E-state index in [1.165, 1.54) is 16.8 Å². The Bertz CT molecular complexity index is 1290. The molecule has 0 aliphatic carbocycles. The zero-order valence-corrected chi connectivity index (χ0v) is 15.6. The molecule has 4 aromatic rings. The highest BCUT2D eigenvalue weighted by Crippen LogP contribution is 2.27. The Labute approximate surface area is 163 Å². The average Bonchev–Trinajstić information content (AvgIpc) is 2.98. The SMILES string of the molecule is Cc1c(-c2ccc(CC(=O)c3c(F)cccc3F)nc2)cnc2c1oc(=O)n2C. The minimum atomic E-state index is -0.897. The molecule has 4 rings (SSSR count). The minimum absolute atomic E-state index is 0.234. The molecule has 29 heavy (non-hydrogen) atoms. The standard InChI is InChI=1S/C21H15F2N3O3/c1-11-14(10-25-20-19(11)29-21(28)26(20)2)12-6-7-13(24-9-12)8-17(27)18-15(22)4-3-5-16(18)23/h3-7,9-10H,8H2,1-2H3. The van der Waals surface area contributed by atoms with Gasteiger partial charge in [0.2, 0.25) is 0 Å². The molecule has 3 aromatic heterocycles. The number of hydrogen-bond donors (Lipinski definition) is 0. The molecule has 0 aliphatic heterocycles. The number of rotatable bonds is 4. The Kier molecular flexibility index (Phi) is 4.54. The van der Waals surface area contributed by atoms with Gasteiger partial charge in [0.25, 0.3) is 0 Å². The Morgan fingerprint density at radius 2 is 1.83 bits per heavy atom. The second-order valence-corrected chi connectivity index (χ2v) is 6.61. The van der Waals surface area contributed by atoms with Crippen molar-refractivity contribution in [3.05, 3.63) is 81.7 Å². The van der Waals surface area contributed by atoms with Gasteiger partial charge in [-0.05, 0) is 25.1 Å². The van der Waals surface area contributed by atoms with Gasteiger partial charge in [0.1, 0.15) is 11.6 Å². The van der Waals surface area contributed by atoms with Crippen LogP contribution in [0.4, 0.5) is 8.78 Å². The summed E-state index contributed by atoms with van der Waals surface area (Å²) >= 11 is 0. The smallest absolute Gasteiger partial charge is 0.406 e. The number of nitrogens with zero attached hydrogens (tertiary/aromatic N) is 3. The van der Waals surface area contributed by atoms with Crippen LogP contribution >= 0.6 is 0 Å². The quantitative estimate of drug-likeness (QED) is 0.494. The molecule has 8 heteroatoms. The maximum Gasteiger partial charge on any atom is 0.420 e. The van der Waals surface area contributed by atoms with Gasteiger partial charge in [0, 0.05) is 41.8 Å². The number of benzene rings is 1. The lowest BCUT2D eigenvalue weighted by molar-refractivity contribution is 0.0984. The highest BCUT2D eigenvalue weighted by molar-refractivity contribution is 5.97. The van der Waals surface area contributed by atoms with Crippen LogP contribution in [0.3, 0.4) is 0 Å². The zero-order valence-electron chi connectivity index (χ0n) is 15.6. The average molecular weight is 395 g/mol. The summed E-state index contributed by atoms with van der Waals surface area (Å²) in [6.07, 6.45) is 2.92. The molecule has 0 aliphatic rings. The van der Waals surface area contributed by atoms with Crippen LogP contribution in [0.15, 0.2) is 51.9 Å². The lowest BCUT2D eigenvalue weighted by Crippen LogP contribution is -2.10. The summed E-state index contributed by atoms with van der Waals surface area (Å²) in [4.78, 5) is 32.5. The Morgan fingerprint density at radius 1 is 1.10 bits per heavy atom. The minimum Gasteiger partial charge on any atom is -0.406 e. The fourth-order valence-corrected chi connectivity index (χ4v) is 3.17. The predicted molar refractivity (Wildman–Crippen MR) is 102 cm³/mol. The van der Waals surface area contributed by atoms with Crippen molar-refractivity contribution in [3.63, 3.8) is 0 Å². The monoisotopic (exact) mass is 395 g/mol. The number of halogens is 2. The summed E-state index contributed by atoms with van der Waals surface area (Å²) in [5.74, 6) is -2.98. The summed E-state index contributed by atoms with van der Waals surface area (Å²) in [7, 11) is 1.58. The number of oxazole rings is 1. The third-order valence-electron chi connectivity index (χ3n) is 4.76. The molecule has 0 N–H and O–H groups in total. The number of hydrogen-bond acceptors (Lipinski definition) is 5. The number of fused-ring (bicyclic) bond motifs is 1. The number of carbonyl (C=O) groups excluding carboxylic acids is 1. The number of carbonyl (C=O) groups is 1. The van der Waals surface area contributed by atoms with Gasteiger partial charge < -0.3 is 4.42 Å². The topological polar surface area (TPSA) is 78.0 Å². The number of ketones is 1. The second kappa shape index (κ2) is 7.05. The molecule has 146 valence electrons. The van der Waals surface area contributed by atoms with Crippen molar-refractivity contribution in [2.75, 3.05) is 0 Å². The van der Waals surface area contributed by atoms with Crippen molar-refractivity contribution < 1.29 is 18.0 Å². The van der Waals surface area contributed by atoms with E-state index in [2.05, 4.69) is 9.97 Å². The summed E-state index contributed by atoms with van der Waals surface area (Å²) in [5, 5.41) is 0. The highest BCUT2D eigenvalue weighted by atomic mass is 19.1. The van der Waals surface area contributed by atoms with E-state index in [0.717, 1.165) is 23.3 Å². The molecule has 0 saturated heterocycles. The molecule has 0 radical (unpaired) electrons. The molecule has 0 bridgehead atoms. The summed E-state index contributed by atoms with van der Waals surface area (Å²) in [5.41, 5.74) is 2.80. The molecule has 0 amide bonds. The number of aromatic nitrogens is 3. The van der Waals surface area contributed by atoms with Crippen LogP contribution < -0.4 is 5.76 Å². The summed E-state index contributed by atoms with van der Waals surface area (Å²) in [6, 6.07) is 6.62. The second-order valence-electron chi connectivity index (χ2n) is 6.61. The maximum absolute atomic E-state index is 13.8. The first-order valence-electron chi connectivity index (χ1n) is 8.74. The van der Waals surface area contributed by atoms with E-state index in [1.54, 1.807) is 32.3 Å². The first-order valence-corrected chi connectivity index (χ1v) is 8.74. The predicted octanol–water partition coefficient (Wildman–Crippen LogP) is 3.60. The van der Waals surface area contributed by atoms with Gasteiger partial charge in [0.15, 0.2) is 17.0 Å². The van der Waals surface area contributed by atoms with E-state index in [-0.39, 0.29) is 6.42 Å². The maximum atomic E-state index is 13.8. The molecule has 0 atom stereocenters. The van der Waals surface area contributed by atoms with E-state index in [9.17, 15) is 18.4 Å². The lowest BCUT2D eigenvalue weighted by Gasteiger charge is -2.07. The number of aryl methyl sites for hydroxylation is 2. The summed E-state index contributed by atoms with van der Waals surface area (Å²) in [6.45, 7) is 1.81. The van der Waals surface area contributed by atoms with Crippen molar-refractivity contribution in [1.82, 2.24) is 14.5 Å². The summed E-state index contributed by atoms with van der Waals surface area (Å²) < 4.78 is 34.1. The number of pyridine rings is 2.